The maximum absolute atomic E-state index is 10.7. The molecule has 21 heavy (non-hydrogen) atoms. The Morgan fingerprint density at radius 2 is 2.33 bits per heavy atom. The van der Waals surface area contributed by atoms with Gasteiger partial charge < -0.3 is 14.6 Å². The number of aliphatic carboxylic acids is 1. The van der Waals surface area contributed by atoms with Crippen LogP contribution in [0.1, 0.15) is 31.2 Å². The van der Waals surface area contributed by atoms with Gasteiger partial charge >= 0.3 is 5.97 Å². The maximum Gasteiger partial charge on any atom is 0.303 e. The molecule has 1 aromatic carbocycles. The van der Waals surface area contributed by atoms with Crippen molar-refractivity contribution in [2.24, 2.45) is 0 Å². The number of methoxy groups -OCH3 is 1. The van der Waals surface area contributed by atoms with E-state index in [9.17, 15) is 4.79 Å². The molecule has 1 N–H and O–H groups in total. The summed E-state index contributed by atoms with van der Waals surface area (Å²) in [7, 11) is 1.64. The van der Waals surface area contributed by atoms with Crippen LogP contribution in [0.4, 0.5) is 0 Å². The summed E-state index contributed by atoms with van der Waals surface area (Å²) in [6.45, 7) is 0. The van der Waals surface area contributed by atoms with Gasteiger partial charge in [-0.2, -0.15) is 11.8 Å². The van der Waals surface area contributed by atoms with Crippen molar-refractivity contribution >= 4 is 17.7 Å². The third-order valence-electron chi connectivity index (χ3n) is 3.52. The summed E-state index contributed by atoms with van der Waals surface area (Å²) in [5.41, 5.74) is 1.03. The van der Waals surface area contributed by atoms with E-state index < -0.39 is 5.97 Å². The molecule has 4 nitrogen and oxygen atoms in total. The van der Waals surface area contributed by atoms with Crippen molar-refractivity contribution in [3.63, 3.8) is 0 Å². The molecule has 2 rings (SSSR count). The smallest absolute Gasteiger partial charge is 0.303 e. The largest absolute Gasteiger partial charge is 0.493 e. The molecule has 0 amide bonds. The van der Waals surface area contributed by atoms with Gasteiger partial charge in [-0.1, -0.05) is 12.1 Å². The summed E-state index contributed by atoms with van der Waals surface area (Å²) >= 11 is 1.92. The van der Waals surface area contributed by atoms with Gasteiger partial charge in [0.25, 0.3) is 0 Å². The average Bonchev–Trinajstić information content (AvgIpc) is 2.49. The summed E-state index contributed by atoms with van der Waals surface area (Å²) in [5.74, 6) is 2.98. The average molecular weight is 310 g/mol. The Morgan fingerprint density at radius 1 is 1.48 bits per heavy atom. The van der Waals surface area contributed by atoms with Gasteiger partial charge in [-0.25, -0.2) is 0 Å². The number of hydrogen-bond donors (Lipinski definition) is 1. The highest BCUT2D eigenvalue weighted by Gasteiger charge is 2.19. The first kappa shape index (κ1) is 16.0. The monoisotopic (exact) mass is 310 g/mol. The van der Waals surface area contributed by atoms with Crippen molar-refractivity contribution in [3.8, 4) is 11.5 Å². The maximum atomic E-state index is 10.7. The fourth-order valence-electron chi connectivity index (χ4n) is 2.45. The number of thioether (sulfide) groups is 1. The van der Waals surface area contributed by atoms with Crippen LogP contribution in [-0.2, 0) is 11.2 Å². The van der Waals surface area contributed by atoms with Crippen LogP contribution in [0.2, 0.25) is 0 Å². The third kappa shape index (κ3) is 4.84. The number of carboxylic acid groups (broad SMARTS) is 1. The standard InChI is InChI=1S/C16H22O4S/c1-19-14-8-2-5-12(6-3-9-15(17)18)16(14)20-13-7-4-10-21-11-13/h2,5,8,13H,3-4,6-7,9-11H2,1H3,(H,17,18). The van der Waals surface area contributed by atoms with Crippen LogP contribution in [0.25, 0.3) is 0 Å². The minimum Gasteiger partial charge on any atom is -0.493 e. The zero-order valence-corrected chi connectivity index (χ0v) is 13.2. The Balaban J connectivity index is 2.09. The van der Waals surface area contributed by atoms with Crippen molar-refractivity contribution in [3.05, 3.63) is 23.8 Å². The Bertz CT molecular complexity index is 469. The van der Waals surface area contributed by atoms with E-state index in [1.807, 2.05) is 30.0 Å². The van der Waals surface area contributed by atoms with E-state index in [0.29, 0.717) is 12.8 Å². The number of rotatable bonds is 7. The van der Waals surface area contributed by atoms with Crippen LogP contribution < -0.4 is 9.47 Å². The summed E-state index contributed by atoms with van der Waals surface area (Å²) < 4.78 is 11.6. The van der Waals surface area contributed by atoms with Gasteiger partial charge in [0.1, 0.15) is 6.10 Å². The molecule has 0 aromatic heterocycles. The molecule has 1 aromatic rings. The van der Waals surface area contributed by atoms with Crippen LogP contribution in [-0.4, -0.2) is 35.8 Å². The SMILES string of the molecule is COc1cccc(CCCC(=O)O)c1OC1CCCSC1. The molecule has 5 heteroatoms. The molecule has 0 bridgehead atoms. The molecule has 0 spiro atoms. The number of para-hydroxylation sites is 1. The van der Waals surface area contributed by atoms with Gasteiger partial charge in [0.2, 0.25) is 0 Å². The van der Waals surface area contributed by atoms with Crippen LogP contribution in [0.5, 0.6) is 11.5 Å². The second-order valence-corrected chi connectivity index (χ2v) is 6.30. The summed E-state index contributed by atoms with van der Waals surface area (Å²) in [6, 6.07) is 5.82. The van der Waals surface area contributed by atoms with E-state index in [4.69, 9.17) is 14.6 Å². The zero-order valence-electron chi connectivity index (χ0n) is 12.3. The Morgan fingerprint density at radius 3 is 3.00 bits per heavy atom. The van der Waals surface area contributed by atoms with Crippen LogP contribution in [0.3, 0.4) is 0 Å². The van der Waals surface area contributed by atoms with Crippen LogP contribution in [0.15, 0.2) is 18.2 Å². The van der Waals surface area contributed by atoms with Crippen molar-refractivity contribution in [1.29, 1.82) is 0 Å². The topological polar surface area (TPSA) is 55.8 Å². The Kier molecular flexibility index (Phi) is 6.23. The molecule has 1 aliphatic heterocycles. The number of carboxylic acids is 1. The molecule has 1 atom stereocenters. The number of hydrogen-bond acceptors (Lipinski definition) is 4. The predicted molar refractivity (Wildman–Crippen MR) is 84.5 cm³/mol. The van der Waals surface area contributed by atoms with Crippen molar-refractivity contribution in [1.82, 2.24) is 0 Å². The van der Waals surface area contributed by atoms with Gasteiger partial charge in [-0.15, -0.1) is 0 Å². The van der Waals surface area contributed by atoms with Crippen molar-refractivity contribution in [2.75, 3.05) is 18.6 Å². The third-order valence-corrected chi connectivity index (χ3v) is 4.70. The molecule has 116 valence electrons. The predicted octanol–water partition coefficient (Wildman–Crippen LogP) is 3.38. The fraction of sp³-hybridized carbons (Fsp3) is 0.562. The lowest BCUT2D eigenvalue weighted by Gasteiger charge is -2.25. The molecule has 1 heterocycles. The Labute approximate surface area is 129 Å². The van der Waals surface area contributed by atoms with Gasteiger partial charge in [0.05, 0.1) is 7.11 Å². The summed E-state index contributed by atoms with van der Waals surface area (Å²) in [6.07, 6.45) is 3.95. The van der Waals surface area contributed by atoms with Crippen LogP contribution >= 0.6 is 11.8 Å². The molecule has 0 radical (unpaired) electrons. The van der Waals surface area contributed by atoms with E-state index in [2.05, 4.69) is 0 Å². The van der Waals surface area contributed by atoms with E-state index in [1.165, 1.54) is 12.2 Å². The molecule has 0 saturated carbocycles. The lowest BCUT2D eigenvalue weighted by molar-refractivity contribution is -0.137. The quantitative estimate of drug-likeness (QED) is 0.836. The fourth-order valence-corrected chi connectivity index (χ4v) is 3.49. The minimum absolute atomic E-state index is 0.177. The van der Waals surface area contributed by atoms with E-state index >= 15 is 0 Å². The first-order valence-corrected chi connectivity index (χ1v) is 8.48. The first-order chi connectivity index (χ1) is 10.2. The van der Waals surface area contributed by atoms with Gasteiger partial charge in [0, 0.05) is 12.2 Å². The minimum atomic E-state index is -0.760. The molecule has 1 saturated heterocycles. The second-order valence-electron chi connectivity index (χ2n) is 5.15. The number of benzene rings is 1. The van der Waals surface area contributed by atoms with E-state index in [0.717, 1.165) is 29.2 Å². The molecule has 1 fully saturated rings. The summed E-state index contributed by atoms with van der Waals surface area (Å²) in [4.78, 5) is 10.7. The first-order valence-electron chi connectivity index (χ1n) is 7.32. The molecule has 1 aliphatic rings. The van der Waals surface area contributed by atoms with Crippen molar-refractivity contribution < 1.29 is 19.4 Å². The number of aryl methyl sites for hydroxylation is 1. The van der Waals surface area contributed by atoms with E-state index in [1.54, 1.807) is 7.11 Å². The van der Waals surface area contributed by atoms with Gasteiger partial charge in [0.15, 0.2) is 11.5 Å². The molecular weight excluding hydrogens is 288 g/mol. The second kappa shape index (κ2) is 8.17. The lowest BCUT2D eigenvalue weighted by atomic mass is 10.1. The molecule has 1 unspecified atom stereocenters. The highest BCUT2D eigenvalue weighted by Crippen LogP contribution is 2.34. The van der Waals surface area contributed by atoms with Crippen molar-refractivity contribution in [2.45, 2.75) is 38.2 Å². The Hall–Kier alpha value is -1.36. The summed E-state index contributed by atoms with van der Waals surface area (Å²) in [5, 5.41) is 8.76. The van der Waals surface area contributed by atoms with E-state index in [-0.39, 0.29) is 12.5 Å². The number of carbonyl (C=O) groups is 1. The highest BCUT2D eigenvalue weighted by atomic mass is 32.2. The van der Waals surface area contributed by atoms with Gasteiger partial charge in [-0.05, 0) is 43.1 Å². The van der Waals surface area contributed by atoms with Crippen LogP contribution in [0, 0.1) is 0 Å². The normalized spacial score (nSPS) is 18.2. The highest BCUT2D eigenvalue weighted by molar-refractivity contribution is 7.99. The number of ether oxygens (including phenoxy) is 2. The zero-order chi connectivity index (χ0) is 15.1. The molecular formula is C16H22O4S. The molecule has 0 aliphatic carbocycles. The van der Waals surface area contributed by atoms with Gasteiger partial charge in [-0.3, -0.25) is 4.79 Å². The lowest BCUT2D eigenvalue weighted by Crippen LogP contribution is -2.24.